The molecule has 3 nitrogen and oxygen atoms in total. The number of nitrogens with two attached hydrogens (primary N) is 1. The van der Waals surface area contributed by atoms with Crippen molar-refractivity contribution in [3.63, 3.8) is 0 Å². The number of aromatic amines is 1. The molecule has 0 spiro atoms. The first-order valence-corrected chi connectivity index (χ1v) is 5.30. The van der Waals surface area contributed by atoms with Gasteiger partial charge in [0.25, 0.3) is 0 Å². The zero-order valence-electron chi connectivity index (χ0n) is 9.41. The van der Waals surface area contributed by atoms with Crippen LogP contribution in [0.25, 0.3) is 11.0 Å². The molecular weight excluding hydrogens is 186 g/mol. The van der Waals surface area contributed by atoms with E-state index in [1.54, 1.807) is 0 Å². The van der Waals surface area contributed by atoms with Crippen LogP contribution in [0.1, 0.15) is 31.3 Å². The van der Waals surface area contributed by atoms with Crippen molar-refractivity contribution in [3.8, 4) is 0 Å². The number of H-pyrrole nitrogens is 1. The van der Waals surface area contributed by atoms with Gasteiger partial charge in [0.05, 0.1) is 17.1 Å². The topological polar surface area (TPSA) is 54.7 Å². The SMILES string of the molecule is Cc1cccc2[nH]c(C(N)C(C)C)nc12. The summed E-state index contributed by atoms with van der Waals surface area (Å²) in [6.45, 7) is 6.27. The van der Waals surface area contributed by atoms with Crippen LogP contribution >= 0.6 is 0 Å². The first-order valence-electron chi connectivity index (χ1n) is 5.30. The van der Waals surface area contributed by atoms with Crippen LogP contribution in [-0.2, 0) is 0 Å². The average Bonchev–Trinajstić information content (AvgIpc) is 2.61. The quantitative estimate of drug-likeness (QED) is 0.788. The lowest BCUT2D eigenvalue weighted by Crippen LogP contribution is -2.18. The lowest BCUT2D eigenvalue weighted by Gasteiger charge is -2.11. The van der Waals surface area contributed by atoms with Crippen LogP contribution < -0.4 is 5.73 Å². The van der Waals surface area contributed by atoms with Gasteiger partial charge in [-0.3, -0.25) is 0 Å². The van der Waals surface area contributed by atoms with E-state index in [2.05, 4.69) is 36.8 Å². The fraction of sp³-hybridized carbons (Fsp3) is 0.417. The number of hydrogen-bond acceptors (Lipinski definition) is 2. The van der Waals surface area contributed by atoms with E-state index in [4.69, 9.17) is 5.73 Å². The molecule has 80 valence electrons. The van der Waals surface area contributed by atoms with Crippen molar-refractivity contribution in [2.75, 3.05) is 0 Å². The Morgan fingerprint density at radius 1 is 1.33 bits per heavy atom. The summed E-state index contributed by atoms with van der Waals surface area (Å²) in [5.74, 6) is 1.28. The number of para-hydroxylation sites is 1. The van der Waals surface area contributed by atoms with Crippen LogP contribution in [0.2, 0.25) is 0 Å². The molecule has 0 fully saturated rings. The van der Waals surface area contributed by atoms with E-state index < -0.39 is 0 Å². The molecule has 0 bridgehead atoms. The highest BCUT2D eigenvalue weighted by atomic mass is 15.0. The van der Waals surface area contributed by atoms with Gasteiger partial charge in [-0.25, -0.2) is 4.98 Å². The number of nitrogens with zero attached hydrogens (tertiary/aromatic N) is 1. The number of hydrogen-bond donors (Lipinski definition) is 2. The van der Waals surface area contributed by atoms with E-state index in [9.17, 15) is 0 Å². The molecule has 1 heterocycles. The first-order chi connectivity index (χ1) is 7.09. The van der Waals surface area contributed by atoms with Crippen LogP contribution in [0.3, 0.4) is 0 Å². The van der Waals surface area contributed by atoms with Gasteiger partial charge < -0.3 is 10.7 Å². The monoisotopic (exact) mass is 203 g/mol. The molecule has 1 atom stereocenters. The fourth-order valence-electron chi connectivity index (χ4n) is 1.67. The average molecular weight is 203 g/mol. The van der Waals surface area contributed by atoms with Crippen LogP contribution in [-0.4, -0.2) is 9.97 Å². The molecule has 0 aliphatic rings. The molecule has 0 radical (unpaired) electrons. The largest absolute Gasteiger partial charge is 0.341 e. The summed E-state index contributed by atoms with van der Waals surface area (Å²) in [5, 5.41) is 0. The maximum atomic E-state index is 6.06. The standard InChI is InChI=1S/C12H17N3/c1-7(2)10(13)12-14-9-6-4-5-8(3)11(9)15-12/h4-7,10H,13H2,1-3H3,(H,14,15). The highest BCUT2D eigenvalue weighted by Crippen LogP contribution is 2.21. The Balaban J connectivity index is 2.52. The zero-order valence-corrected chi connectivity index (χ0v) is 9.41. The molecule has 0 amide bonds. The third-order valence-electron chi connectivity index (χ3n) is 2.77. The first kappa shape index (κ1) is 10.2. The van der Waals surface area contributed by atoms with Crippen molar-refractivity contribution < 1.29 is 0 Å². The molecule has 0 aliphatic heterocycles. The predicted octanol–water partition coefficient (Wildman–Crippen LogP) is 2.53. The third kappa shape index (κ3) is 1.75. The molecule has 0 saturated heterocycles. The van der Waals surface area contributed by atoms with E-state index in [0.717, 1.165) is 16.9 Å². The molecule has 0 aliphatic carbocycles. The maximum Gasteiger partial charge on any atom is 0.124 e. The van der Waals surface area contributed by atoms with E-state index in [1.165, 1.54) is 5.56 Å². The van der Waals surface area contributed by atoms with Crippen LogP contribution in [0, 0.1) is 12.8 Å². The van der Waals surface area contributed by atoms with E-state index in [0.29, 0.717) is 5.92 Å². The summed E-state index contributed by atoms with van der Waals surface area (Å²) in [5.41, 5.74) is 9.35. The Labute approximate surface area is 89.7 Å². The number of nitrogens with one attached hydrogen (secondary N) is 1. The normalized spacial score (nSPS) is 13.7. The predicted molar refractivity (Wildman–Crippen MR) is 62.6 cm³/mol. The number of aryl methyl sites for hydroxylation is 1. The van der Waals surface area contributed by atoms with Gasteiger partial charge in [0.15, 0.2) is 0 Å². The number of imidazole rings is 1. The van der Waals surface area contributed by atoms with Crippen molar-refractivity contribution in [1.29, 1.82) is 0 Å². The number of rotatable bonds is 2. The molecular formula is C12H17N3. The van der Waals surface area contributed by atoms with Crippen molar-refractivity contribution in [1.82, 2.24) is 9.97 Å². The summed E-state index contributed by atoms with van der Waals surface area (Å²) < 4.78 is 0. The summed E-state index contributed by atoms with van der Waals surface area (Å²) in [6.07, 6.45) is 0. The Hall–Kier alpha value is -1.35. The number of aromatic nitrogens is 2. The summed E-state index contributed by atoms with van der Waals surface area (Å²) >= 11 is 0. The van der Waals surface area contributed by atoms with Crippen molar-refractivity contribution in [2.45, 2.75) is 26.8 Å². The summed E-state index contributed by atoms with van der Waals surface area (Å²) in [6, 6.07) is 6.11. The van der Waals surface area contributed by atoms with Gasteiger partial charge in [0.2, 0.25) is 0 Å². The van der Waals surface area contributed by atoms with Crippen molar-refractivity contribution >= 4 is 11.0 Å². The molecule has 3 N–H and O–H groups in total. The highest BCUT2D eigenvalue weighted by Gasteiger charge is 2.15. The van der Waals surface area contributed by atoms with E-state index in [1.807, 2.05) is 12.1 Å². The smallest absolute Gasteiger partial charge is 0.124 e. The van der Waals surface area contributed by atoms with Crippen molar-refractivity contribution in [3.05, 3.63) is 29.6 Å². The van der Waals surface area contributed by atoms with E-state index >= 15 is 0 Å². The minimum atomic E-state index is -0.0169. The van der Waals surface area contributed by atoms with Gasteiger partial charge in [-0.1, -0.05) is 26.0 Å². The summed E-state index contributed by atoms with van der Waals surface area (Å²) in [4.78, 5) is 7.83. The number of benzene rings is 1. The van der Waals surface area contributed by atoms with Crippen LogP contribution in [0.5, 0.6) is 0 Å². The second-order valence-corrected chi connectivity index (χ2v) is 4.36. The lowest BCUT2D eigenvalue weighted by molar-refractivity contribution is 0.495. The van der Waals surface area contributed by atoms with Crippen LogP contribution in [0.15, 0.2) is 18.2 Å². The molecule has 1 aromatic heterocycles. The van der Waals surface area contributed by atoms with Gasteiger partial charge in [-0.15, -0.1) is 0 Å². The fourth-order valence-corrected chi connectivity index (χ4v) is 1.67. The van der Waals surface area contributed by atoms with Crippen molar-refractivity contribution in [2.24, 2.45) is 11.7 Å². The molecule has 0 saturated carbocycles. The van der Waals surface area contributed by atoms with Gasteiger partial charge in [-0.05, 0) is 24.5 Å². The Bertz CT molecular complexity index is 471. The second kappa shape index (κ2) is 3.66. The minimum Gasteiger partial charge on any atom is -0.341 e. The molecule has 1 unspecified atom stereocenters. The Kier molecular flexibility index (Phi) is 2.49. The second-order valence-electron chi connectivity index (χ2n) is 4.36. The highest BCUT2D eigenvalue weighted by molar-refractivity contribution is 5.78. The molecule has 3 heteroatoms. The van der Waals surface area contributed by atoms with Crippen LogP contribution in [0.4, 0.5) is 0 Å². The maximum absolute atomic E-state index is 6.06. The molecule has 2 rings (SSSR count). The van der Waals surface area contributed by atoms with E-state index in [-0.39, 0.29) is 6.04 Å². The third-order valence-corrected chi connectivity index (χ3v) is 2.77. The van der Waals surface area contributed by atoms with Gasteiger partial charge in [0, 0.05) is 0 Å². The zero-order chi connectivity index (χ0) is 11.0. The summed E-state index contributed by atoms with van der Waals surface area (Å²) in [7, 11) is 0. The lowest BCUT2D eigenvalue weighted by atomic mass is 10.1. The Morgan fingerprint density at radius 3 is 2.67 bits per heavy atom. The van der Waals surface area contributed by atoms with Gasteiger partial charge in [-0.2, -0.15) is 0 Å². The Morgan fingerprint density at radius 2 is 2.07 bits per heavy atom. The molecule has 15 heavy (non-hydrogen) atoms. The van der Waals surface area contributed by atoms with Gasteiger partial charge >= 0.3 is 0 Å². The molecule has 2 aromatic rings. The van der Waals surface area contributed by atoms with Gasteiger partial charge in [0.1, 0.15) is 5.82 Å². The minimum absolute atomic E-state index is 0.0169. The molecule has 1 aromatic carbocycles. The number of fused-ring (bicyclic) bond motifs is 1.